The predicted molar refractivity (Wildman–Crippen MR) is 122 cm³/mol. The summed E-state index contributed by atoms with van der Waals surface area (Å²) in [5, 5.41) is 2.93. The number of pyridine rings is 3. The smallest absolute Gasteiger partial charge is 0.329 e. The van der Waals surface area contributed by atoms with Gasteiger partial charge in [-0.15, -0.1) is 0 Å². The SMILES string of the molecule is CN=Cc1cncc(-c2ccc3c(n2)N(C(=O)Nc2ccccn2)[C@H]2CCCN3C2)c1. The summed E-state index contributed by atoms with van der Waals surface area (Å²) in [5.41, 5.74) is 3.55. The molecule has 5 heterocycles. The van der Waals surface area contributed by atoms with Crippen LogP contribution in [0.25, 0.3) is 11.3 Å². The summed E-state index contributed by atoms with van der Waals surface area (Å²) in [4.78, 5) is 35.0. The maximum absolute atomic E-state index is 13.3. The van der Waals surface area contributed by atoms with E-state index in [4.69, 9.17) is 4.98 Å². The number of piperidine rings is 1. The summed E-state index contributed by atoms with van der Waals surface area (Å²) in [6, 6.07) is 11.4. The molecule has 0 unspecified atom stereocenters. The van der Waals surface area contributed by atoms with Crippen LogP contribution in [0, 0.1) is 0 Å². The van der Waals surface area contributed by atoms with Gasteiger partial charge in [0.05, 0.1) is 17.4 Å². The number of nitrogens with zero attached hydrogens (tertiary/aromatic N) is 6. The molecule has 156 valence electrons. The highest BCUT2D eigenvalue weighted by molar-refractivity contribution is 6.04. The van der Waals surface area contributed by atoms with Crippen LogP contribution in [0.5, 0.6) is 0 Å². The topological polar surface area (TPSA) is 86.6 Å². The normalized spacial score (nSPS) is 17.5. The molecule has 3 aromatic rings. The van der Waals surface area contributed by atoms with E-state index in [1.165, 1.54) is 0 Å². The van der Waals surface area contributed by atoms with E-state index in [1.54, 1.807) is 42.8 Å². The van der Waals surface area contributed by atoms with Crippen LogP contribution in [0.1, 0.15) is 18.4 Å². The number of amides is 2. The van der Waals surface area contributed by atoms with Gasteiger partial charge in [-0.05, 0) is 43.2 Å². The third kappa shape index (κ3) is 3.72. The van der Waals surface area contributed by atoms with Crippen LogP contribution < -0.4 is 15.1 Å². The van der Waals surface area contributed by atoms with Crippen molar-refractivity contribution < 1.29 is 4.79 Å². The van der Waals surface area contributed by atoms with Crippen molar-refractivity contribution in [2.24, 2.45) is 4.99 Å². The Morgan fingerprint density at radius 1 is 1.26 bits per heavy atom. The molecule has 0 aliphatic carbocycles. The molecule has 0 saturated carbocycles. The second-order valence-corrected chi connectivity index (χ2v) is 7.69. The van der Waals surface area contributed by atoms with E-state index in [0.717, 1.165) is 48.4 Å². The minimum atomic E-state index is -0.207. The van der Waals surface area contributed by atoms with Crippen molar-refractivity contribution in [2.75, 3.05) is 35.3 Å². The predicted octanol–water partition coefficient (Wildman–Crippen LogP) is 3.61. The zero-order valence-electron chi connectivity index (χ0n) is 17.3. The summed E-state index contributed by atoms with van der Waals surface area (Å²) >= 11 is 0. The van der Waals surface area contributed by atoms with Crippen LogP contribution in [0.4, 0.5) is 22.1 Å². The first-order valence-corrected chi connectivity index (χ1v) is 10.4. The van der Waals surface area contributed by atoms with Gasteiger partial charge in [0.1, 0.15) is 5.82 Å². The van der Waals surface area contributed by atoms with E-state index in [-0.39, 0.29) is 12.1 Å². The van der Waals surface area contributed by atoms with Crippen molar-refractivity contribution in [3.8, 4) is 11.3 Å². The quantitative estimate of drug-likeness (QED) is 0.663. The highest BCUT2D eigenvalue weighted by Gasteiger charge is 2.38. The molecule has 0 radical (unpaired) electrons. The molecule has 1 saturated heterocycles. The fourth-order valence-electron chi connectivity index (χ4n) is 4.27. The number of urea groups is 1. The van der Waals surface area contributed by atoms with Gasteiger partial charge in [-0.1, -0.05) is 6.07 Å². The van der Waals surface area contributed by atoms with E-state index in [2.05, 4.69) is 31.2 Å². The van der Waals surface area contributed by atoms with Crippen molar-refractivity contribution in [3.05, 3.63) is 60.6 Å². The molecular weight excluding hydrogens is 390 g/mol. The van der Waals surface area contributed by atoms with Gasteiger partial charge in [0.25, 0.3) is 0 Å². The average Bonchev–Trinajstić information content (AvgIpc) is 2.80. The Morgan fingerprint density at radius 3 is 3.03 bits per heavy atom. The number of aliphatic imine (C=N–C) groups is 1. The lowest BCUT2D eigenvalue weighted by Gasteiger charge is -2.45. The van der Waals surface area contributed by atoms with Gasteiger partial charge in [0.2, 0.25) is 0 Å². The molecule has 2 aliphatic rings. The van der Waals surface area contributed by atoms with E-state index in [0.29, 0.717) is 11.6 Å². The van der Waals surface area contributed by atoms with E-state index >= 15 is 0 Å². The Bertz CT molecular complexity index is 1130. The number of hydrogen-bond acceptors (Lipinski definition) is 6. The summed E-state index contributed by atoms with van der Waals surface area (Å²) in [6.07, 6.45) is 8.96. The molecule has 2 aliphatic heterocycles. The molecule has 1 atom stereocenters. The highest BCUT2D eigenvalue weighted by atomic mass is 16.2. The monoisotopic (exact) mass is 413 g/mol. The van der Waals surface area contributed by atoms with Crippen molar-refractivity contribution in [1.29, 1.82) is 0 Å². The standard InChI is InChI=1S/C23H23N7O/c1-24-12-16-11-17(14-25-13-16)19-7-8-20-22(27-19)30(18-5-4-10-29(20)15-18)23(31)28-21-6-2-3-9-26-21/h2-3,6-9,11-14,18H,4-5,10,15H2,1H3,(H,26,28,31)/t18-/m0/s1. The number of anilines is 3. The van der Waals surface area contributed by atoms with Gasteiger partial charge in [-0.25, -0.2) is 14.8 Å². The molecule has 2 bridgehead atoms. The third-order valence-corrected chi connectivity index (χ3v) is 5.64. The van der Waals surface area contributed by atoms with E-state index < -0.39 is 0 Å². The number of carbonyl (C=O) groups excluding carboxylic acids is 1. The minimum absolute atomic E-state index is 0.0735. The number of nitrogens with one attached hydrogen (secondary N) is 1. The lowest BCUT2D eigenvalue weighted by Crippen LogP contribution is -2.56. The van der Waals surface area contributed by atoms with Crippen molar-refractivity contribution >= 4 is 29.6 Å². The second-order valence-electron chi connectivity index (χ2n) is 7.69. The molecule has 0 aromatic carbocycles. The van der Waals surface area contributed by atoms with E-state index in [9.17, 15) is 4.79 Å². The lowest BCUT2D eigenvalue weighted by molar-refractivity contribution is 0.252. The molecule has 8 nitrogen and oxygen atoms in total. The van der Waals surface area contributed by atoms with Crippen LogP contribution >= 0.6 is 0 Å². The fourth-order valence-corrected chi connectivity index (χ4v) is 4.27. The lowest BCUT2D eigenvalue weighted by atomic mass is 9.99. The first-order valence-electron chi connectivity index (χ1n) is 10.4. The van der Waals surface area contributed by atoms with Crippen molar-refractivity contribution in [2.45, 2.75) is 18.9 Å². The maximum Gasteiger partial charge on any atom is 0.329 e. The van der Waals surface area contributed by atoms with Crippen LogP contribution in [0.2, 0.25) is 0 Å². The Hall–Kier alpha value is -3.81. The second kappa shape index (κ2) is 8.14. The molecule has 31 heavy (non-hydrogen) atoms. The first kappa shape index (κ1) is 19.2. The largest absolute Gasteiger partial charge is 0.366 e. The summed E-state index contributed by atoms with van der Waals surface area (Å²) in [5.74, 6) is 1.20. The molecule has 1 fully saturated rings. The summed E-state index contributed by atoms with van der Waals surface area (Å²) in [7, 11) is 1.73. The molecular formula is C23H23N7O. The Labute approximate surface area is 180 Å². The van der Waals surface area contributed by atoms with Gasteiger partial charge < -0.3 is 4.90 Å². The van der Waals surface area contributed by atoms with Crippen LogP contribution in [-0.4, -0.2) is 53.4 Å². The Kier molecular flexibility index (Phi) is 5.03. The summed E-state index contributed by atoms with van der Waals surface area (Å²) < 4.78 is 0. The minimum Gasteiger partial charge on any atom is -0.366 e. The molecule has 0 spiro atoms. The zero-order valence-corrected chi connectivity index (χ0v) is 17.3. The average molecular weight is 413 g/mol. The van der Waals surface area contributed by atoms with Crippen LogP contribution in [0.15, 0.2) is 60.0 Å². The summed E-state index contributed by atoms with van der Waals surface area (Å²) in [6.45, 7) is 1.79. The van der Waals surface area contributed by atoms with Gasteiger partial charge in [0, 0.05) is 56.1 Å². The molecule has 3 aromatic heterocycles. The Balaban J connectivity index is 1.55. The number of hydrogen-bond donors (Lipinski definition) is 1. The highest BCUT2D eigenvalue weighted by Crippen LogP contribution is 2.39. The van der Waals surface area contributed by atoms with Crippen LogP contribution in [-0.2, 0) is 0 Å². The Morgan fingerprint density at radius 2 is 2.19 bits per heavy atom. The van der Waals surface area contributed by atoms with Gasteiger partial charge in [-0.3, -0.25) is 20.2 Å². The third-order valence-electron chi connectivity index (χ3n) is 5.64. The van der Waals surface area contributed by atoms with Gasteiger partial charge >= 0.3 is 6.03 Å². The first-order chi connectivity index (χ1) is 15.2. The molecule has 8 heteroatoms. The number of aromatic nitrogens is 3. The van der Waals surface area contributed by atoms with Crippen LogP contribution in [0.3, 0.4) is 0 Å². The number of fused-ring (bicyclic) bond motifs is 4. The van der Waals surface area contributed by atoms with Crippen molar-refractivity contribution in [3.63, 3.8) is 0 Å². The number of carbonyl (C=O) groups is 1. The number of rotatable bonds is 3. The molecule has 2 amide bonds. The maximum atomic E-state index is 13.3. The van der Waals surface area contributed by atoms with Crippen molar-refractivity contribution in [1.82, 2.24) is 15.0 Å². The molecule has 5 rings (SSSR count). The van der Waals surface area contributed by atoms with Gasteiger partial charge in [-0.2, -0.15) is 0 Å². The fraction of sp³-hybridized carbons (Fsp3) is 0.261. The van der Waals surface area contributed by atoms with E-state index in [1.807, 2.05) is 24.3 Å². The van der Waals surface area contributed by atoms with Gasteiger partial charge in [0.15, 0.2) is 5.82 Å². The molecule has 1 N–H and O–H groups in total. The zero-order chi connectivity index (χ0) is 21.2.